The number of hydrogen-bond donors (Lipinski definition) is 1. The molecule has 2 aromatic rings. The molecule has 1 atom stereocenters. The fourth-order valence-electron chi connectivity index (χ4n) is 2.71. The van der Waals surface area contributed by atoms with Gasteiger partial charge in [-0.15, -0.1) is 0 Å². The summed E-state index contributed by atoms with van der Waals surface area (Å²) in [5, 5.41) is 2.97. The van der Waals surface area contributed by atoms with Crippen LogP contribution in [0.25, 0.3) is 0 Å². The number of nitrogens with one attached hydrogen (secondary N) is 1. The van der Waals surface area contributed by atoms with E-state index >= 15 is 0 Å². The van der Waals surface area contributed by atoms with Gasteiger partial charge in [-0.05, 0) is 50.2 Å². The van der Waals surface area contributed by atoms with Crippen molar-refractivity contribution in [1.82, 2.24) is 10.2 Å². The zero-order valence-corrected chi connectivity index (χ0v) is 14.3. The zero-order chi connectivity index (χ0) is 17.4. The second-order valence-corrected chi connectivity index (χ2v) is 6.18. The van der Waals surface area contributed by atoms with Crippen LogP contribution in [0, 0.1) is 5.82 Å². The van der Waals surface area contributed by atoms with Gasteiger partial charge in [0.1, 0.15) is 5.82 Å². The van der Waals surface area contributed by atoms with Crippen molar-refractivity contribution < 1.29 is 9.18 Å². The fraction of sp³-hybridized carbons (Fsp3) is 0.350. The van der Waals surface area contributed by atoms with Gasteiger partial charge in [0.25, 0.3) is 0 Å². The minimum atomic E-state index is -0.256. The highest BCUT2D eigenvalue weighted by Gasteiger charge is 2.15. The van der Waals surface area contributed by atoms with Gasteiger partial charge in [-0.1, -0.05) is 42.5 Å². The normalized spacial score (nSPS) is 12.2. The summed E-state index contributed by atoms with van der Waals surface area (Å²) >= 11 is 0. The van der Waals surface area contributed by atoms with Gasteiger partial charge in [0.15, 0.2) is 0 Å². The molecule has 2 rings (SSSR count). The van der Waals surface area contributed by atoms with E-state index in [9.17, 15) is 9.18 Å². The second kappa shape index (κ2) is 9.18. The second-order valence-electron chi connectivity index (χ2n) is 6.18. The molecule has 0 aliphatic heterocycles. The predicted molar refractivity (Wildman–Crippen MR) is 95.2 cm³/mol. The third-order valence-corrected chi connectivity index (χ3v) is 4.06. The number of aryl methyl sites for hydroxylation is 1. The standard InChI is InChI=1S/C20H25FN2O/c1-23(2)19(17-11-7-12-18(21)14-17)15-22-20(24)13-6-10-16-8-4-3-5-9-16/h3-5,7-9,11-12,14,19H,6,10,13,15H2,1-2H3,(H,22,24)/t19-/m1/s1. The van der Waals surface area contributed by atoms with Crippen molar-refractivity contribution in [3.8, 4) is 0 Å². The maximum absolute atomic E-state index is 13.4. The number of carbonyl (C=O) groups excluding carboxylic acids is 1. The molecule has 24 heavy (non-hydrogen) atoms. The van der Waals surface area contributed by atoms with E-state index in [1.165, 1.54) is 17.7 Å². The first-order valence-electron chi connectivity index (χ1n) is 8.29. The maximum Gasteiger partial charge on any atom is 0.220 e. The molecule has 0 saturated heterocycles. The van der Waals surface area contributed by atoms with Gasteiger partial charge in [0, 0.05) is 13.0 Å². The molecular weight excluding hydrogens is 303 g/mol. The van der Waals surface area contributed by atoms with Gasteiger partial charge in [0.05, 0.1) is 6.04 Å². The molecule has 1 N–H and O–H groups in total. The largest absolute Gasteiger partial charge is 0.354 e. The Morgan fingerprint density at radius 3 is 2.54 bits per heavy atom. The van der Waals surface area contributed by atoms with Crippen LogP contribution in [0.15, 0.2) is 54.6 Å². The van der Waals surface area contributed by atoms with Crippen LogP contribution >= 0.6 is 0 Å². The van der Waals surface area contributed by atoms with E-state index in [1.54, 1.807) is 6.07 Å². The van der Waals surface area contributed by atoms with Crippen LogP contribution in [-0.2, 0) is 11.2 Å². The molecule has 4 heteroatoms. The molecule has 128 valence electrons. The smallest absolute Gasteiger partial charge is 0.220 e. The number of benzene rings is 2. The first kappa shape index (κ1) is 18.1. The molecule has 0 fully saturated rings. The summed E-state index contributed by atoms with van der Waals surface area (Å²) < 4.78 is 13.4. The predicted octanol–water partition coefficient (Wildman–Crippen LogP) is 3.57. The Morgan fingerprint density at radius 1 is 1.12 bits per heavy atom. The van der Waals surface area contributed by atoms with Crippen LogP contribution in [0.3, 0.4) is 0 Å². The lowest BCUT2D eigenvalue weighted by molar-refractivity contribution is -0.121. The minimum absolute atomic E-state index is 0.0363. The average Bonchev–Trinajstić information content (AvgIpc) is 2.56. The minimum Gasteiger partial charge on any atom is -0.354 e. The first-order valence-corrected chi connectivity index (χ1v) is 8.29. The van der Waals surface area contributed by atoms with Crippen LogP contribution in [0.2, 0.25) is 0 Å². The van der Waals surface area contributed by atoms with Crippen molar-refractivity contribution in [2.24, 2.45) is 0 Å². The molecule has 3 nitrogen and oxygen atoms in total. The number of amides is 1. The quantitative estimate of drug-likeness (QED) is 0.803. The number of carbonyl (C=O) groups is 1. The van der Waals surface area contributed by atoms with Gasteiger partial charge in [0.2, 0.25) is 5.91 Å². The van der Waals surface area contributed by atoms with Crippen LogP contribution in [0.4, 0.5) is 4.39 Å². The summed E-state index contributed by atoms with van der Waals surface area (Å²) in [6.07, 6.45) is 2.22. The van der Waals surface area contributed by atoms with E-state index < -0.39 is 0 Å². The number of rotatable bonds is 8. The van der Waals surface area contributed by atoms with E-state index in [1.807, 2.05) is 43.3 Å². The fourth-order valence-corrected chi connectivity index (χ4v) is 2.71. The highest BCUT2D eigenvalue weighted by Crippen LogP contribution is 2.18. The van der Waals surface area contributed by atoms with Crippen LogP contribution < -0.4 is 5.32 Å². The van der Waals surface area contributed by atoms with Gasteiger partial charge in [-0.2, -0.15) is 0 Å². The van der Waals surface area contributed by atoms with Crippen molar-refractivity contribution in [3.05, 3.63) is 71.5 Å². The number of nitrogens with zero attached hydrogens (tertiary/aromatic N) is 1. The summed E-state index contributed by atoms with van der Waals surface area (Å²) in [6, 6.07) is 16.6. The van der Waals surface area contributed by atoms with E-state index in [4.69, 9.17) is 0 Å². The lowest BCUT2D eigenvalue weighted by Gasteiger charge is -2.25. The Bertz CT molecular complexity index is 643. The third-order valence-electron chi connectivity index (χ3n) is 4.06. The molecule has 0 aliphatic rings. The SMILES string of the molecule is CN(C)[C@H](CNC(=O)CCCc1ccccc1)c1cccc(F)c1. The molecule has 0 radical (unpaired) electrons. The molecule has 0 bridgehead atoms. The van der Waals surface area contributed by atoms with Crippen molar-refractivity contribution in [1.29, 1.82) is 0 Å². The van der Waals surface area contributed by atoms with Crippen molar-refractivity contribution in [3.63, 3.8) is 0 Å². The van der Waals surface area contributed by atoms with Gasteiger partial charge in [-0.25, -0.2) is 4.39 Å². The van der Waals surface area contributed by atoms with Crippen LogP contribution in [-0.4, -0.2) is 31.4 Å². The summed E-state index contributed by atoms with van der Waals surface area (Å²) in [5.74, 6) is -0.220. The van der Waals surface area contributed by atoms with Crippen molar-refractivity contribution in [2.45, 2.75) is 25.3 Å². The Hall–Kier alpha value is -2.20. The molecule has 0 spiro atoms. The Labute approximate surface area is 143 Å². The molecule has 0 unspecified atom stereocenters. The average molecular weight is 328 g/mol. The van der Waals surface area contributed by atoms with Crippen molar-refractivity contribution >= 4 is 5.91 Å². The molecule has 0 saturated carbocycles. The lowest BCUT2D eigenvalue weighted by atomic mass is 10.1. The lowest BCUT2D eigenvalue weighted by Crippen LogP contribution is -2.34. The highest BCUT2D eigenvalue weighted by atomic mass is 19.1. The molecule has 0 heterocycles. The number of hydrogen-bond acceptors (Lipinski definition) is 2. The Morgan fingerprint density at radius 2 is 1.88 bits per heavy atom. The van der Waals surface area contributed by atoms with Gasteiger partial charge in [-0.3, -0.25) is 4.79 Å². The van der Waals surface area contributed by atoms with Gasteiger partial charge < -0.3 is 10.2 Å². The first-order chi connectivity index (χ1) is 11.6. The third kappa shape index (κ3) is 5.78. The molecule has 2 aromatic carbocycles. The topological polar surface area (TPSA) is 32.3 Å². The molecule has 1 amide bonds. The molecular formula is C20H25FN2O. The van der Waals surface area contributed by atoms with E-state index in [2.05, 4.69) is 17.4 Å². The summed E-state index contributed by atoms with van der Waals surface area (Å²) in [6.45, 7) is 0.473. The Kier molecular flexibility index (Phi) is 6.94. The summed E-state index contributed by atoms with van der Waals surface area (Å²) in [4.78, 5) is 14.0. The number of halogens is 1. The van der Waals surface area contributed by atoms with E-state index in [0.717, 1.165) is 18.4 Å². The van der Waals surface area contributed by atoms with Crippen molar-refractivity contribution in [2.75, 3.05) is 20.6 Å². The summed E-state index contributed by atoms with van der Waals surface area (Å²) in [5.41, 5.74) is 2.11. The molecule has 0 aliphatic carbocycles. The Balaban J connectivity index is 1.80. The monoisotopic (exact) mass is 328 g/mol. The van der Waals surface area contributed by atoms with Gasteiger partial charge >= 0.3 is 0 Å². The highest BCUT2D eigenvalue weighted by molar-refractivity contribution is 5.75. The maximum atomic E-state index is 13.4. The number of likely N-dealkylation sites (N-methyl/N-ethyl adjacent to an activating group) is 1. The molecule has 0 aromatic heterocycles. The summed E-state index contributed by atoms with van der Waals surface area (Å²) in [7, 11) is 3.86. The van der Waals surface area contributed by atoms with E-state index in [-0.39, 0.29) is 17.8 Å². The van der Waals surface area contributed by atoms with Crippen LogP contribution in [0.1, 0.15) is 30.0 Å². The van der Waals surface area contributed by atoms with Crippen LogP contribution in [0.5, 0.6) is 0 Å². The zero-order valence-electron chi connectivity index (χ0n) is 14.3. The van der Waals surface area contributed by atoms with E-state index in [0.29, 0.717) is 13.0 Å².